The van der Waals surface area contributed by atoms with Gasteiger partial charge in [0.15, 0.2) is 0 Å². The van der Waals surface area contributed by atoms with Crippen molar-refractivity contribution in [2.24, 2.45) is 14.1 Å². The molecular weight excluding hydrogens is 280 g/mol. The zero-order valence-electron chi connectivity index (χ0n) is 13.7. The summed E-state index contributed by atoms with van der Waals surface area (Å²) >= 11 is 0. The number of carbonyl (C=O) groups is 1. The highest BCUT2D eigenvalue weighted by atomic mass is 16.2. The van der Waals surface area contributed by atoms with Crippen molar-refractivity contribution < 1.29 is 4.79 Å². The second-order valence-corrected chi connectivity index (χ2v) is 5.91. The zero-order chi connectivity index (χ0) is 16.3. The standard InChI is InChI=1S/C16H24N4O2/c1-18(2)9-5-8-17-15(21)11-12-6-7-13-14(10-12)20(4)16(22)19(13)3/h6-7,10H,5,8-9,11H2,1-4H3,(H,17,21). The van der Waals surface area contributed by atoms with Gasteiger partial charge >= 0.3 is 5.69 Å². The minimum Gasteiger partial charge on any atom is -0.356 e. The molecule has 1 heterocycles. The Balaban J connectivity index is 2.01. The summed E-state index contributed by atoms with van der Waals surface area (Å²) in [4.78, 5) is 25.9. The van der Waals surface area contributed by atoms with Crippen LogP contribution in [0.4, 0.5) is 0 Å². The third-order valence-corrected chi connectivity index (χ3v) is 3.81. The van der Waals surface area contributed by atoms with Crippen molar-refractivity contribution in [1.29, 1.82) is 0 Å². The van der Waals surface area contributed by atoms with Crippen LogP contribution in [0, 0.1) is 0 Å². The van der Waals surface area contributed by atoms with Crippen LogP contribution in [-0.2, 0) is 25.3 Å². The van der Waals surface area contributed by atoms with Crippen LogP contribution in [0.2, 0.25) is 0 Å². The van der Waals surface area contributed by atoms with Crippen LogP contribution >= 0.6 is 0 Å². The summed E-state index contributed by atoms with van der Waals surface area (Å²) in [5.74, 6) is 0.0130. The first-order valence-electron chi connectivity index (χ1n) is 7.46. The van der Waals surface area contributed by atoms with Crippen LogP contribution in [0.25, 0.3) is 11.0 Å². The Morgan fingerprint density at radius 1 is 1.18 bits per heavy atom. The van der Waals surface area contributed by atoms with Gasteiger partial charge in [0.2, 0.25) is 5.91 Å². The molecule has 0 bridgehead atoms. The van der Waals surface area contributed by atoms with Gasteiger partial charge in [-0.2, -0.15) is 0 Å². The van der Waals surface area contributed by atoms with E-state index in [2.05, 4.69) is 10.2 Å². The number of nitrogens with one attached hydrogen (secondary N) is 1. The quantitative estimate of drug-likeness (QED) is 0.790. The number of aryl methyl sites for hydroxylation is 2. The molecule has 0 spiro atoms. The Kier molecular flexibility index (Phi) is 5.03. The molecule has 0 atom stereocenters. The topological polar surface area (TPSA) is 59.3 Å². The molecule has 0 saturated heterocycles. The van der Waals surface area contributed by atoms with Crippen molar-refractivity contribution in [2.75, 3.05) is 27.2 Å². The van der Waals surface area contributed by atoms with Gasteiger partial charge < -0.3 is 10.2 Å². The predicted molar refractivity (Wildman–Crippen MR) is 88.0 cm³/mol. The molecule has 1 aromatic heterocycles. The lowest BCUT2D eigenvalue weighted by Gasteiger charge is -2.10. The number of aromatic nitrogens is 2. The first-order chi connectivity index (χ1) is 10.4. The number of carbonyl (C=O) groups excluding carboxylic acids is 1. The highest BCUT2D eigenvalue weighted by molar-refractivity contribution is 5.82. The zero-order valence-corrected chi connectivity index (χ0v) is 13.7. The molecule has 2 rings (SSSR count). The minimum absolute atomic E-state index is 0.0130. The number of hydrogen-bond acceptors (Lipinski definition) is 3. The first-order valence-corrected chi connectivity index (χ1v) is 7.46. The van der Waals surface area contributed by atoms with E-state index in [4.69, 9.17) is 0 Å². The summed E-state index contributed by atoms with van der Waals surface area (Å²) in [6, 6.07) is 5.71. The molecule has 120 valence electrons. The van der Waals surface area contributed by atoms with E-state index in [9.17, 15) is 9.59 Å². The van der Waals surface area contributed by atoms with Gasteiger partial charge in [-0.25, -0.2) is 4.79 Å². The summed E-state index contributed by atoms with van der Waals surface area (Å²) < 4.78 is 3.22. The molecule has 6 heteroatoms. The first kappa shape index (κ1) is 16.3. The van der Waals surface area contributed by atoms with Gasteiger partial charge in [-0.15, -0.1) is 0 Å². The van der Waals surface area contributed by atoms with Crippen LogP contribution in [0.1, 0.15) is 12.0 Å². The molecule has 0 aliphatic rings. The average molecular weight is 304 g/mol. The third-order valence-electron chi connectivity index (χ3n) is 3.81. The maximum absolute atomic E-state index is 12.0. The van der Waals surface area contributed by atoms with Crippen molar-refractivity contribution in [1.82, 2.24) is 19.4 Å². The van der Waals surface area contributed by atoms with E-state index >= 15 is 0 Å². The largest absolute Gasteiger partial charge is 0.356 e. The number of rotatable bonds is 6. The molecule has 1 amide bonds. The molecular formula is C16H24N4O2. The fourth-order valence-electron chi connectivity index (χ4n) is 2.53. The van der Waals surface area contributed by atoms with Crippen molar-refractivity contribution in [3.8, 4) is 0 Å². The molecule has 2 aromatic rings. The smallest absolute Gasteiger partial charge is 0.328 e. The van der Waals surface area contributed by atoms with E-state index in [0.717, 1.165) is 29.6 Å². The van der Waals surface area contributed by atoms with Gasteiger partial charge in [0, 0.05) is 20.6 Å². The maximum Gasteiger partial charge on any atom is 0.328 e. The number of nitrogens with zero attached hydrogens (tertiary/aromatic N) is 3. The monoisotopic (exact) mass is 304 g/mol. The number of imidazole rings is 1. The van der Waals surface area contributed by atoms with Gasteiger partial charge in [0.25, 0.3) is 0 Å². The van der Waals surface area contributed by atoms with Gasteiger partial charge in [-0.05, 0) is 44.8 Å². The normalized spacial score (nSPS) is 11.3. The second kappa shape index (κ2) is 6.79. The Hall–Kier alpha value is -2.08. The lowest BCUT2D eigenvalue weighted by Crippen LogP contribution is -2.28. The van der Waals surface area contributed by atoms with Gasteiger partial charge in [0.05, 0.1) is 17.5 Å². The van der Waals surface area contributed by atoms with Crippen LogP contribution in [-0.4, -0.2) is 47.1 Å². The molecule has 0 aliphatic heterocycles. The highest BCUT2D eigenvalue weighted by Gasteiger charge is 2.10. The summed E-state index contributed by atoms with van der Waals surface area (Å²) in [5, 5.41) is 2.93. The van der Waals surface area contributed by atoms with Crippen LogP contribution in [0.5, 0.6) is 0 Å². The Bertz CT molecular complexity index is 728. The maximum atomic E-state index is 12.0. The third kappa shape index (κ3) is 3.57. The van der Waals surface area contributed by atoms with Crippen LogP contribution in [0.15, 0.2) is 23.0 Å². The van der Waals surface area contributed by atoms with Crippen molar-refractivity contribution >= 4 is 16.9 Å². The van der Waals surface area contributed by atoms with Gasteiger partial charge in [0.1, 0.15) is 0 Å². The van der Waals surface area contributed by atoms with E-state index < -0.39 is 0 Å². The molecule has 0 unspecified atom stereocenters. The molecule has 1 N–H and O–H groups in total. The molecule has 1 aromatic carbocycles. The van der Waals surface area contributed by atoms with Crippen molar-refractivity contribution in [2.45, 2.75) is 12.8 Å². The molecule has 0 aliphatic carbocycles. The number of amides is 1. The molecule has 0 saturated carbocycles. The number of hydrogen-bond donors (Lipinski definition) is 1. The van der Waals surface area contributed by atoms with E-state index in [0.29, 0.717) is 13.0 Å². The van der Waals surface area contributed by atoms with Crippen LogP contribution in [0.3, 0.4) is 0 Å². The minimum atomic E-state index is -0.0553. The van der Waals surface area contributed by atoms with Gasteiger partial charge in [-0.1, -0.05) is 6.07 Å². The lowest BCUT2D eigenvalue weighted by atomic mass is 10.1. The van der Waals surface area contributed by atoms with E-state index in [-0.39, 0.29) is 11.6 Å². The average Bonchev–Trinajstić information content (AvgIpc) is 2.68. The lowest BCUT2D eigenvalue weighted by molar-refractivity contribution is -0.120. The number of fused-ring (bicyclic) bond motifs is 1. The van der Waals surface area contributed by atoms with Crippen molar-refractivity contribution in [3.05, 3.63) is 34.2 Å². The highest BCUT2D eigenvalue weighted by Crippen LogP contribution is 2.14. The van der Waals surface area contributed by atoms with E-state index in [1.165, 1.54) is 0 Å². The number of benzene rings is 1. The molecule has 0 radical (unpaired) electrons. The van der Waals surface area contributed by atoms with E-state index in [1.54, 1.807) is 23.2 Å². The van der Waals surface area contributed by atoms with Crippen LogP contribution < -0.4 is 11.0 Å². The SMILES string of the molecule is CN(C)CCCNC(=O)Cc1ccc2c(c1)n(C)c(=O)n2C. The predicted octanol–water partition coefficient (Wildman–Crippen LogP) is 0.487. The fourth-order valence-corrected chi connectivity index (χ4v) is 2.53. The summed E-state index contributed by atoms with van der Waals surface area (Å²) in [6.07, 6.45) is 1.27. The summed E-state index contributed by atoms with van der Waals surface area (Å²) in [7, 11) is 7.53. The summed E-state index contributed by atoms with van der Waals surface area (Å²) in [5.41, 5.74) is 2.59. The fraction of sp³-hybridized carbons (Fsp3) is 0.500. The Morgan fingerprint density at radius 2 is 1.86 bits per heavy atom. The summed E-state index contributed by atoms with van der Waals surface area (Å²) in [6.45, 7) is 1.64. The Morgan fingerprint density at radius 3 is 2.55 bits per heavy atom. The molecule has 0 fully saturated rings. The molecule has 6 nitrogen and oxygen atoms in total. The molecule has 22 heavy (non-hydrogen) atoms. The second-order valence-electron chi connectivity index (χ2n) is 5.91. The Labute approximate surface area is 130 Å². The van der Waals surface area contributed by atoms with E-state index in [1.807, 2.05) is 32.3 Å². The van der Waals surface area contributed by atoms with Crippen molar-refractivity contribution in [3.63, 3.8) is 0 Å². The van der Waals surface area contributed by atoms with Gasteiger partial charge in [-0.3, -0.25) is 13.9 Å².